The number of hydrogen-bond donors (Lipinski definition) is 1. The van der Waals surface area contributed by atoms with Gasteiger partial charge in [0.1, 0.15) is 0 Å². The highest BCUT2D eigenvalue weighted by atomic mass is 28.3. The number of hydrogen-bond acceptors (Lipinski definition) is 1. The Bertz CT molecular complexity index is 81.0. The maximum atomic E-state index is 5.27. The lowest BCUT2D eigenvalue weighted by Crippen LogP contribution is -2.16. The fourth-order valence-electron chi connectivity index (χ4n) is 0.422. The smallest absolute Gasteiger partial charge is 0.0683 e. The Morgan fingerprint density at radius 2 is 1.88 bits per heavy atom. The minimum absolute atomic E-state index is 0.685. The third kappa shape index (κ3) is 5.92. The summed E-state index contributed by atoms with van der Waals surface area (Å²) >= 11 is 0. The van der Waals surface area contributed by atoms with Crippen LogP contribution < -0.4 is 5.73 Å². The molecular weight excluding hydrogens is 114 g/mol. The van der Waals surface area contributed by atoms with E-state index in [-0.39, 0.29) is 0 Å². The molecule has 2 heteroatoms. The fourth-order valence-corrected chi connectivity index (χ4v) is 1.26. The van der Waals surface area contributed by atoms with Crippen LogP contribution in [0.2, 0.25) is 19.6 Å². The Labute approximate surface area is 52.6 Å². The van der Waals surface area contributed by atoms with Crippen LogP contribution in [0.5, 0.6) is 0 Å². The molecule has 0 saturated carbocycles. The van der Waals surface area contributed by atoms with Crippen LogP contribution in [0.1, 0.15) is 0 Å². The lowest BCUT2D eigenvalue weighted by Gasteiger charge is -2.06. The molecule has 0 aromatic heterocycles. The second-order valence-corrected chi connectivity index (χ2v) is 8.07. The molecule has 0 aromatic rings. The van der Waals surface area contributed by atoms with Gasteiger partial charge in [0.25, 0.3) is 0 Å². The number of rotatable bonds is 2. The highest BCUT2D eigenvalue weighted by Gasteiger charge is 2.05. The molecule has 0 radical (unpaired) electrons. The maximum Gasteiger partial charge on any atom is 0.0683 e. The average Bonchev–Trinajstić information content (AvgIpc) is 1.59. The zero-order valence-electron chi connectivity index (χ0n) is 5.94. The van der Waals surface area contributed by atoms with E-state index in [1.807, 2.05) is 6.08 Å². The Balaban J connectivity index is 3.52. The summed E-state index contributed by atoms with van der Waals surface area (Å²) in [5.74, 6) is 0. The molecule has 0 aliphatic rings. The lowest BCUT2D eigenvalue weighted by atomic mass is 10.7. The standard InChI is InChI=1S/C6H15NSi/c1-8(2,3)6-4-5-7/h4,6H,5,7H2,1-3H3/b6-4-. The first-order valence-corrected chi connectivity index (χ1v) is 6.52. The van der Waals surface area contributed by atoms with E-state index in [0.29, 0.717) is 6.54 Å². The minimum Gasteiger partial charge on any atom is -0.327 e. The molecule has 0 saturated heterocycles. The lowest BCUT2D eigenvalue weighted by molar-refractivity contribution is 1.26. The van der Waals surface area contributed by atoms with Crippen LogP contribution in [0.4, 0.5) is 0 Å². The van der Waals surface area contributed by atoms with Crippen LogP contribution in [0.3, 0.4) is 0 Å². The van der Waals surface area contributed by atoms with Gasteiger partial charge in [-0.3, -0.25) is 0 Å². The van der Waals surface area contributed by atoms with E-state index in [1.54, 1.807) is 0 Å². The van der Waals surface area contributed by atoms with Crippen molar-refractivity contribution >= 4 is 8.07 Å². The predicted molar refractivity (Wildman–Crippen MR) is 41.5 cm³/mol. The van der Waals surface area contributed by atoms with E-state index < -0.39 is 8.07 Å². The molecule has 0 bridgehead atoms. The van der Waals surface area contributed by atoms with Crippen molar-refractivity contribution in [3.63, 3.8) is 0 Å². The topological polar surface area (TPSA) is 26.0 Å². The molecule has 0 aromatic carbocycles. The van der Waals surface area contributed by atoms with Crippen molar-refractivity contribution < 1.29 is 0 Å². The van der Waals surface area contributed by atoms with E-state index >= 15 is 0 Å². The molecule has 0 spiro atoms. The molecule has 0 unspecified atom stereocenters. The van der Waals surface area contributed by atoms with Crippen LogP contribution in [0.25, 0.3) is 0 Å². The van der Waals surface area contributed by atoms with E-state index in [0.717, 1.165) is 0 Å². The highest BCUT2D eigenvalue weighted by Crippen LogP contribution is 2.00. The molecule has 0 heterocycles. The summed E-state index contributed by atoms with van der Waals surface area (Å²) in [7, 11) is -0.939. The first-order valence-electron chi connectivity index (χ1n) is 2.94. The third-order valence-corrected chi connectivity index (χ3v) is 1.99. The molecule has 1 nitrogen and oxygen atoms in total. The molecule has 0 fully saturated rings. The predicted octanol–water partition coefficient (Wildman–Crippen LogP) is 1.38. The average molecular weight is 129 g/mol. The molecule has 48 valence electrons. The molecule has 0 atom stereocenters. The molecule has 8 heavy (non-hydrogen) atoms. The van der Waals surface area contributed by atoms with E-state index in [1.165, 1.54) is 0 Å². The Morgan fingerprint density at radius 1 is 1.38 bits per heavy atom. The van der Waals surface area contributed by atoms with Crippen molar-refractivity contribution in [3.8, 4) is 0 Å². The zero-order chi connectivity index (χ0) is 6.62. The van der Waals surface area contributed by atoms with Gasteiger partial charge < -0.3 is 5.73 Å². The van der Waals surface area contributed by atoms with Crippen LogP contribution in [0.15, 0.2) is 11.8 Å². The van der Waals surface area contributed by atoms with Gasteiger partial charge in [0.05, 0.1) is 8.07 Å². The minimum atomic E-state index is -0.939. The SMILES string of the molecule is C[Si](C)(C)/C=C\CN. The van der Waals surface area contributed by atoms with Crippen LogP contribution in [0, 0.1) is 0 Å². The molecule has 0 aliphatic carbocycles. The van der Waals surface area contributed by atoms with Gasteiger partial charge in [-0.2, -0.15) is 0 Å². The summed E-state index contributed by atoms with van der Waals surface area (Å²) in [6.07, 6.45) is 2.05. The van der Waals surface area contributed by atoms with Crippen molar-refractivity contribution in [3.05, 3.63) is 11.8 Å². The van der Waals surface area contributed by atoms with Crippen molar-refractivity contribution in [2.24, 2.45) is 5.73 Å². The molecule has 0 aliphatic heterocycles. The van der Waals surface area contributed by atoms with E-state index in [2.05, 4.69) is 25.3 Å². The quantitative estimate of drug-likeness (QED) is 0.560. The van der Waals surface area contributed by atoms with Gasteiger partial charge in [-0.05, 0) is 0 Å². The van der Waals surface area contributed by atoms with Gasteiger partial charge in [-0.1, -0.05) is 31.4 Å². The van der Waals surface area contributed by atoms with Gasteiger partial charge in [0.15, 0.2) is 0 Å². The molecular formula is C6H15NSi. The molecule has 0 rings (SSSR count). The van der Waals surface area contributed by atoms with Crippen LogP contribution >= 0.6 is 0 Å². The van der Waals surface area contributed by atoms with E-state index in [4.69, 9.17) is 5.73 Å². The van der Waals surface area contributed by atoms with Crippen molar-refractivity contribution in [1.29, 1.82) is 0 Å². The molecule has 2 N–H and O–H groups in total. The second kappa shape index (κ2) is 3.05. The van der Waals surface area contributed by atoms with Crippen LogP contribution in [-0.2, 0) is 0 Å². The van der Waals surface area contributed by atoms with Crippen molar-refractivity contribution in [2.75, 3.05) is 6.54 Å². The van der Waals surface area contributed by atoms with Gasteiger partial charge in [-0.15, -0.1) is 0 Å². The fraction of sp³-hybridized carbons (Fsp3) is 0.667. The molecule has 0 amide bonds. The Morgan fingerprint density at radius 3 is 2.00 bits per heavy atom. The first kappa shape index (κ1) is 7.92. The van der Waals surface area contributed by atoms with Crippen LogP contribution in [-0.4, -0.2) is 14.6 Å². The second-order valence-electron chi connectivity index (χ2n) is 3.00. The number of nitrogens with two attached hydrogens (primary N) is 1. The Hall–Kier alpha value is -0.0831. The zero-order valence-corrected chi connectivity index (χ0v) is 6.94. The first-order chi connectivity index (χ1) is 3.56. The van der Waals surface area contributed by atoms with Gasteiger partial charge in [0, 0.05) is 6.54 Å². The van der Waals surface area contributed by atoms with Crippen molar-refractivity contribution in [2.45, 2.75) is 19.6 Å². The third-order valence-electron chi connectivity index (χ3n) is 0.754. The Kier molecular flexibility index (Phi) is 3.01. The largest absolute Gasteiger partial charge is 0.327 e. The monoisotopic (exact) mass is 129 g/mol. The summed E-state index contributed by atoms with van der Waals surface area (Å²) in [5.41, 5.74) is 7.53. The highest BCUT2D eigenvalue weighted by molar-refractivity contribution is 6.80. The van der Waals surface area contributed by atoms with Gasteiger partial charge in [0.2, 0.25) is 0 Å². The summed E-state index contributed by atoms with van der Waals surface area (Å²) in [5, 5.41) is 0. The van der Waals surface area contributed by atoms with Crippen molar-refractivity contribution in [1.82, 2.24) is 0 Å². The van der Waals surface area contributed by atoms with Gasteiger partial charge >= 0.3 is 0 Å². The summed E-state index contributed by atoms with van der Waals surface area (Å²) in [6.45, 7) is 7.56. The summed E-state index contributed by atoms with van der Waals surface area (Å²) in [6, 6.07) is 0. The van der Waals surface area contributed by atoms with E-state index in [9.17, 15) is 0 Å². The normalized spacial score (nSPS) is 13.0. The maximum absolute atomic E-state index is 5.27. The van der Waals surface area contributed by atoms with Gasteiger partial charge in [-0.25, -0.2) is 0 Å². The summed E-state index contributed by atoms with van der Waals surface area (Å²) in [4.78, 5) is 0. The summed E-state index contributed by atoms with van der Waals surface area (Å²) < 4.78 is 0.